The predicted octanol–water partition coefficient (Wildman–Crippen LogP) is 2.88. The third-order valence-electron chi connectivity index (χ3n) is 2.69. The highest BCUT2D eigenvalue weighted by Crippen LogP contribution is 2.14. The lowest BCUT2D eigenvalue weighted by molar-refractivity contribution is 0.597. The minimum Gasteiger partial charge on any atom is -0.255 e. The van der Waals surface area contributed by atoms with E-state index in [0.717, 1.165) is 18.4 Å². The Hall–Kier alpha value is -1.46. The summed E-state index contributed by atoms with van der Waals surface area (Å²) in [5.41, 5.74) is 1.41. The van der Waals surface area contributed by atoms with Gasteiger partial charge in [-0.2, -0.15) is 0 Å². The summed E-state index contributed by atoms with van der Waals surface area (Å²) in [6.07, 6.45) is 9.83. The van der Waals surface area contributed by atoms with E-state index < -0.39 is 10.0 Å². The molecule has 1 rings (SSSR count). The SMILES string of the molecule is C=C(C=CCCCCC)c1ccc(S(N)(=O)=O)cn1. The van der Waals surface area contributed by atoms with E-state index in [9.17, 15) is 8.42 Å². The van der Waals surface area contributed by atoms with Crippen LogP contribution in [0.25, 0.3) is 5.57 Å². The maximum atomic E-state index is 11.1. The molecule has 0 bridgehead atoms. The van der Waals surface area contributed by atoms with Gasteiger partial charge in [0.25, 0.3) is 0 Å². The van der Waals surface area contributed by atoms with Crippen molar-refractivity contribution in [2.24, 2.45) is 5.14 Å². The van der Waals surface area contributed by atoms with Gasteiger partial charge in [-0.15, -0.1) is 0 Å². The van der Waals surface area contributed by atoms with Gasteiger partial charge in [-0.05, 0) is 30.5 Å². The molecule has 104 valence electrons. The molecule has 0 aliphatic heterocycles. The molecule has 0 spiro atoms. The second-order valence-corrected chi connectivity index (χ2v) is 5.91. The molecule has 0 fully saturated rings. The van der Waals surface area contributed by atoms with Crippen molar-refractivity contribution in [3.63, 3.8) is 0 Å². The fourth-order valence-electron chi connectivity index (χ4n) is 1.56. The number of nitrogens with two attached hydrogens (primary N) is 1. The van der Waals surface area contributed by atoms with Gasteiger partial charge < -0.3 is 0 Å². The van der Waals surface area contributed by atoms with Crippen LogP contribution >= 0.6 is 0 Å². The van der Waals surface area contributed by atoms with E-state index in [1.807, 2.05) is 6.08 Å². The smallest absolute Gasteiger partial charge is 0.239 e. The predicted molar refractivity (Wildman–Crippen MR) is 77.9 cm³/mol. The number of primary sulfonamides is 1. The highest BCUT2D eigenvalue weighted by atomic mass is 32.2. The van der Waals surface area contributed by atoms with Gasteiger partial charge >= 0.3 is 0 Å². The van der Waals surface area contributed by atoms with Crippen molar-refractivity contribution in [1.82, 2.24) is 4.98 Å². The summed E-state index contributed by atoms with van der Waals surface area (Å²) in [5.74, 6) is 0. The molecule has 1 heterocycles. The lowest BCUT2D eigenvalue weighted by atomic mass is 10.1. The van der Waals surface area contributed by atoms with Crippen molar-refractivity contribution in [3.8, 4) is 0 Å². The zero-order valence-electron chi connectivity index (χ0n) is 11.2. The quantitative estimate of drug-likeness (QED) is 0.616. The molecule has 1 aromatic rings. The minimum atomic E-state index is -3.68. The van der Waals surface area contributed by atoms with E-state index in [1.165, 1.54) is 25.1 Å². The third kappa shape index (κ3) is 5.36. The van der Waals surface area contributed by atoms with Crippen molar-refractivity contribution in [3.05, 3.63) is 42.8 Å². The molecule has 0 aliphatic rings. The number of hydrogen-bond donors (Lipinski definition) is 1. The second-order valence-electron chi connectivity index (χ2n) is 4.35. The molecule has 19 heavy (non-hydrogen) atoms. The summed E-state index contributed by atoms with van der Waals surface area (Å²) in [6, 6.07) is 3.05. The van der Waals surface area contributed by atoms with E-state index in [-0.39, 0.29) is 4.90 Å². The van der Waals surface area contributed by atoms with Gasteiger partial charge in [-0.3, -0.25) is 4.98 Å². The van der Waals surface area contributed by atoms with E-state index in [2.05, 4.69) is 24.6 Å². The summed E-state index contributed by atoms with van der Waals surface area (Å²) in [6.45, 7) is 6.07. The number of unbranched alkanes of at least 4 members (excludes halogenated alkanes) is 3. The number of hydrogen-bond acceptors (Lipinski definition) is 3. The maximum Gasteiger partial charge on any atom is 0.239 e. The first-order valence-corrected chi connectivity index (χ1v) is 7.84. The summed E-state index contributed by atoms with van der Waals surface area (Å²) < 4.78 is 22.2. The Morgan fingerprint density at radius 1 is 1.42 bits per heavy atom. The highest BCUT2D eigenvalue weighted by Gasteiger charge is 2.07. The number of pyridine rings is 1. The molecule has 5 heteroatoms. The highest BCUT2D eigenvalue weighted by molar-refractivity contribution is 7.89. The molecule has 0 saturated carbocycles. The topological polar surface area (TPSA) is 73.1 Å². The average molecular weight is 280 g/mol. The zero-order chi connectivity index (χ0) is 14.3. The van der Waals surface area contributed by atoms with Crippen LogP contribution in [-0.4, -0.2) is 13.4 Å². The van der Waals surface area contributed by atoms with Crippen molar-refractivity contribution >= 4 is 15.6 Å². The molecule has 0 unspecified atom stereocenters. The minimum absolute atomic E-state index is 0.0102. The van der Waals surface area contributed by atoms with Crippen LogP contribution in [0.15, 0.2) is 42.0 Å². The molecule has 4 nitrogen and oxygen atoms in total. The summed E-state index contributed by atoms with van der Waals surface area (Å²) in [4.78, 5) is 4.06. The number of aromatic nitrogens is 1. The molecule has 2 N–H and O–H groups in total. The van der Waals surface area contributed by atoms with Crippen LogP contribution < -0.4 is 5.14 Å². The van der Waals surface area contributed by atoms with Crippen LogP contribution in [0.5, 0.6) is 0 Å². The van der Waals surface area contributed by atoms with Gasteiger partial charge in [-0.25, -0.2) is 13.6 Å². The molecule has 0 amide bonds. The van der Waals surface area contributed by atoms with Crippen LogP contribution in [0.1, 0.15) is 38.3 Å². The molecule has 0 aliphatic carbocycles. The van der Waals surface area contributed by atoms with E-state index in [4.69, 9.17) is 5.14 Å². The largest absolute Gasteiger partial charge is 0.255 e. The first kappa shape index (κ1) is 15.6. The van der Waals surface area contributed by atoms with Crippen molar-refractivity contribution in [1.29, 1.82) is 0 Å². The number of sulfonamides is 1. The van der Waals surface area contributed by atoms with E-state index >= 15 is 0 Å². The lowest BCUT2D eigenvalue weighted by Gasteiger charge is -2.01. The van der Waals surface area contributed by atoms with Crippen molar-refractivity contribution in [2.75, 3.05) is 0 Å². The Labute approximate surface area is 115 Å². The van der Waals surface area contributed by atoms with Crippen molar-refractivity contribution in [2.45, 2.75) is 37.5 Å². The normalized spacial score (nSPS) is 11.9. The summed E-state index contributed by atoms with van der Waals surface area (Å²) in [5, 5.41) is 5.01. The number of allylic oxidation sites excluding steroid dienone is 3. The molecule has 1 aromatic heterocycles. The fourth-order valence-corrected chi connectivity index (χ4v) is 2.02. The third-order valence-corrected chi connectivity index (χ3v) is 3.59. The zero-order valence-corrected chi connectivity index (χ0v) is 12.0. The van der Waals surface area contributed by atoms with E-state index in [0.29, 0.717) is 5.69 Å². The van der Waals surface area contributed by atoms with Gasteiger partial charge in [0.05, 0.1) is 5.69 Å². The van der Waals surface area contributed by atoms with Crippen LogP contribution in [0.4, 0.5) is 0 Å². The van der Waals surface area contributed by atoms with E-state index in [1.54, 1.807) is 6.07 Å². The van der Waals surface area contributed by atoms with Gasteiger partial charge in [0, 0.05) is 6.20 Å². The Bertz CT molecular complexity index is 545. The molecule has 0 radical (unpaired) electrons. The first-order chi connectivity index (χ1) is 8.95. The maximum absolute atomic E-state index is 11.1. The molecule has 0 saturated heterocycles. The van der Waals surface area contributed by atoms with Crippen molar-refractivity contribution < 1.29 is 8.42 Å². The number of nitrogens with zero attached hydrogens (tertiary/aromatic N) is 1. The first-order valence-electron chi connectivity index (χ1n) is 6.30. The van der Waals surface area contributed by atoms with Gasteiger partial charge in [0.15, 0.2) is 0 Å². The summed E-state index contributed by atoms with van der Waals surface area (Å²) in [7, 11) is -3.68. The van der Waals surface area contributed by atoms with Crippen LogP contribution in [0, 0.1) is 0 Å². The average Bonchev–Trinajstić information content (AvgIpc) is 2.37. The molecule has 0 atom stereocenters. The molecule has 0 aromatic carbocycles. The van der Waals surface area contributed by atoms with Crippen LogP contribution in [0.3, 0.4) is 0 Å². The van der Waals surface area contributed by atoms with Gasteiger partial charge in [0.1, 0.15) is 4.90 Å². The Morgan fingerprint density at radius 3 is 2.68 bits per heavy atom. The Morgan fingerprint density at radius 2 is 2.16 bits per heavy atom. The standard InChI is InChI=1S/C14H20N2O2S/c1-3-4-5-6-7-8-12(2)14-10-9-13(11-16-14)19(15,17)18/h7-11H,2-6H2,1H3,(H2,15,17,18). The van der Waals surface area contributed by atoms with Crippen LogP contribution in [-0.2, 0) is 10.0 Å². The van der Waals surface area contributed by atoms with Gasteiger partial charge in [0.2, 0.25) is 10.0 Å². The molecular weight excluding hydrogens is 260 g/mol. The van der Waals surface area contributed by atoms with Crippen LogP contribution in [0.2, 0.25) is 0 Å². The second kappa shape index (κ2) is 7.21. The fraction of sp³-hybridized carbons (Fsp3) is 0.357. The Balaban J connectivity index is 2.63. The monoisotopic (exact) mass is 280 g/mol. The lowest BCUT2D eigenvalue weighted by Crippen LogP contribution is -2.12. The number of rotatable bonds is 7. The Kier molecular flexibility index (Phi) is 5.92. The van der Waals surface area contributed by atoms with Gasteiger partial charge in [-0.1, -0.05) is 38.5 Å². The summed E-state index contributed by atoms with van der Waals surface area (Å²) >= 11 is 0. The molecular formula is C14H20N2O2S.